The number of hydrogen-bond donors (Lipinski definition) is 4. The summed E-state index contributed by atoms with van der Waals surface area (Å²) in [5, 5.41) is 5.40. The number of nitrogens with one attached hydrogen (secondary N) is 3. The van der Waals surface area contributed by atoms with Crippen LogP contribution in [-0.4, -0.2) is 23.9 Å². The summed E-state index contributed by atoms with van der Waals surface area (Å²) in [6.07, 6.45) is 0. The summed E-state index contributed by atoms with van der Waals surface area (Å²) < 4.78 is 0. The van der Waals surface area contributed by atoms with Gasteiger partial charge in [0.2, 0.25) is 5.91 Å². The van der Waals surface area contributed by atoms with Crippen LogP contribution >= 0.6 is 0 Å². The van der Waals surface area contributed by atoms with Gasteiger partial charge in [-0.2, -0.15) is 0 Å². The fraction of sp³-hybridized carbons (Fsp3) is 0.429. The topological polar surface area (TPSA) is 96.2 Å². The molecule has 0 saturated carbocycles. The maximum atomic E-state index is 12.2. The van der Waals surface area contributed by atoms with Gasteiger partial charge in [-0.25, -0.2) is 0 Å². The molecule has 0 aromatic heterocycles. The zero-order chi connectivity index (χ0) is 15.3. The predicted octanol–water partition coefficient (Wildman–Crippen LogP) is 0.924. The summed E-state index contributed by atoms with van der Waals surface area (Å²) >= 11 is 0. The van der Waals surface area contributed by atoms with Crippen LogP contribution in [0.4, 0.5) is 5.69 Å². The van der Waals surface area contributed by atoms with E-state index in [1.54, 1.807) is 19.1 Å². The summed E-state index contributed by atoms with van der Waals surface area (Å²) in [4.78, 5) is 24.0. The van der Waals surface area contributed by atoms with E-state index in [1.807, 2.05) is 26.8 Å². The summed E-state index contributed by atoms with van der Waals surface area (Å²) in [7, 11) is 0. The normalized spacial score (nSPS) is 11.9. The van der Waals surface area contributed by atoms with E-state index in [4.69, 9.17) is 5.84 Å². The third-order valence-corrected chi connectivity index (χ3v) is 2.75. The summed E-state index contributed by atoms with van der Waals surface area (Å²) in [5.41, 5.74) is 4.35. The Morgan fingerprint density at radius 3 is 2.35 bits per heavy atom. The first kappa shape index (κ1) is 16.0. The molecule has 1 aromatic rings. The number of rotatable bonds is 5. The minimum absolute atomic E-state index is 0.0297. The van der Waals surface area contributed by atoms with E-state index >= 15 is 0 Å². The Balaban J connectivity index is 2.81. The van der Waals surface area contributed by atoms with Gasteiger partial charge < -0.3 is 16.1 Å². The first-order valence-corrected chi connectivity index (χ1v) is 6.53. The highest BCUT2D eigenvalue weighted by atomic mass is 16.2. The molecule has 6 heteroatoms. The molecule has 0 aliphatic carbocycles. The molecule has 1 rings (SSSR count). The van der Waals surface area contributed by atoms with Crippen molar-refractivity contribution in [1.29, 1.82) is 0 Å². The molecule has 20 heavy (non-hydrogen) atoms. The van der Waals surface area contributed by atoms with Crippen LogP contribution in [0.25, 0.3) is 0 Å². The van der Waals surface area contributed by atoms with Crippen molar-refractivity contribution in [3.05, 3.63) is 29.3 Å². The first-order chi connectivity index (χ1) is 9.35. The number of hydrazine groups is 1. The minimum atomic E-state index is -0.615. The lowest BCUT2D eigenvalue weighted by atomic mass is 10.1. The van der Waals surface area contributed by atoms with Crippen molar-refractivity contribution in [2.45, 2.75) is 39.8 Å². The molecule has 0 spiro atoms. The fourth-order valence-electron chi connectivity index (χ4n) is 1.72. The van der Waals surface area contributed by atoms with Crippen molar-refractivity contribution in [3.8, 4) is 0 Å². The van der Waals surface area contributed by atoms with Crippen molar-refractivity contribution in [2.24, 2.45) is 5.84 Å². The molecule has 0 saturated heterocycles. The van der Waals surface area contributed by atoms with Gasteiger partial charge in [0.15, 0.2) is 0 Å². The smallest absolute Gasteiger partial charge is 0.254 e. The molecular weight excluding hydrogens is 256 g/mol. The predicted molar refractivity (Wildman–Crippen MR) is 79.2 cm³/mol. The monoisotopic (exact) mass is 278 g/mol. The second-order valence-corrected chi connectivity index (χ2v) is 5.05. The van der Waals surface area contributed by atoms with Gasteiger partial charge in [-0.05, 0) is 39.8 Å². The summed E-state index contributed by atoms with van der Waals surface area (Å²) in [5.74, 6) is 4.83. The van der Waals surface area contributed by atoms with Crippen LogP contribution < -0.4 is 21.9 Å². The van der Waals surface area contributed by atoms with Gasteiger partial charge in [0.25, 0.3) is 5.91 Å². The van der Waals surface area contributed by atoms with Gasteiger partial charge in [-0.1, -0.05) is 11.6 Å². The summed E-state index contributed by atoms with van der Waals surface area (Å²) in [6.45, 7) is 7.25. The quantitative estimate of drug-likeness (QED) is 0.476. The highest BCUT2D eigenvalue weighted by molar-refractivity contribution is 6.01. The molecule has 0 aliphatic heterocycles. The van der Waals surface area contributed by atoms with Gasteiger partial charge in [0.1, 0.15) is 6.04 Å². The molecule has 0 bridgehead atoms. The summed E-state index contributed by atoms with van der Waals surface area (Å²) in [6, 6.07) is 4.71. The second kappa shape index (κ2) is 6.91. The number of carbonyl (C=O) groups excluding carboxylic acids is 2. The van der Waals surface area contributed by atoms with Crippen molar-refractivity contribution < 1.29 is 9.59 Å². The minimum Gasteiger partial charge on any atom is -0.352 e. The number of hydrogen-bond acceptors (Lipinski definition) is 4. The molecule has 1 atom stereocenters. The maximum absolute atomic E-state index is 12.2. The highest BCUT2D eigenvalue weighted by Crippen LogP contribution is 2.16. The molecule has 0 fully saturated rings. The van der Waals surface area contributed by atoms with E-state index in [1.165, 1.54) is 0 Å². The largest absolute Gasteiger partial charge is 0.352 e. The first-order valence-electron chi connectivity index (χ1n) is 6.53. The molecule has 110 valence electrons. The lowest BCUT2D eigenvalue weighted by molar-refractivity contribution is -0.123. The second-order valence-electron chi connectivity index (χ2n) is 5.05. The highest BCUT2D eigenvalue weighted by Gasteiger charge is 2.18. The van der Waals surface area contributed by atoms with E-state index < -0.39 is 6.04 Å². The van der Waals surface area contributed by atoms with Crippen molar-refractivity contribution in [2.75, 3.05) is 5.43 Å². The molecule has 1 aromatic carbocycles. The van der Waals surface area contributed by atoms with E-state index in [-0.39, 0.29) is 17.9 Å². The van der Waals surface area contributed by atoms with Crippen molar-refractivity contribution >= 4 is 17.5 Å². The Morgan fingerprint density at radius 2 is 1.80 bits per heavy atom. The number of amides is 2. The Labute approximate surface area is 119 Å². The van der Waals surface area contributed by atoms with Gasteiger partial charge in [-0.3, -0.25) is 15.4 Å². The van der Waals surface area contributed by atoms with Crippen LogP contribution in [0.15, 0.2) is 18.2 Å². The number of carbonyl (C=O) groups is 2. The standard InChI is InChI=1S/C14H22N4O2/c1-8(2)16-13(19)10(4)17-14(20)11-7-9(3)5-6-12(11)18-15/h5-8,10,18H,15H2,1-4H3,(H,16,19)(H,17,20). The average Bonchev–Trinajstić information content (AvgIpc) is 2.37. The van der Waals surface area contributed by atoms with Crippen LogP contribution in [0, 0.1) is 6.92 Å². The molecule has 0 radical (unpaired) electrons. The van der Waals surface area contributed by atoms with Crippen molar-refractivity contribution in [3.63, 3.8) is 0 Å². The van der Waals surface area contributed by atoms with E-state index in [2.05, 4.69) is 16.1 Å². The number of nitrogens with two attached hydrogens (primary N) is 1. The molecule has 0 heterocycles. The molecular formula is C14H22N4O2. The molecule has 1 unspecified atom stereocenters. The van der Waals surface area contributed by atoms with Crippen LogP contribution in [0.5, 0.6) is 0 Å². The lowest BCUT2D eigenvalue weighted by Crippen LogP contribution is -2.46. The number of benzene rings is 1. The van der Waals surface area contributed by atoms with E-state index in [9.17, 15) is 9.59 Å². The van der Waals surface area contributed by atoms with E-state index in [0.717, 1.165) is 5.56 Å². The lowest BCUT2D eigenvalue weighted by Gasteiger charge is -2.17. The number of aryl methyl sites for hydroxylation is 1. The third kappa shape index (κ3) is 4.24. The molecule has 5 N–H and O–H groups in total. The van der Waals surface area contributed by atoms with Crippen LogP contribution in [0.1, 0.15) is 36.7 Å². The fourth-order valence-corrected chi connectivity index (χ4v) is 1.72. The van der Waals surface area contributed by atoms with Gasteiger partial charge in [0, 0.05) is 6.04 Å². The zero-order valence-electron chi connectivity index (χ0n) is 12.3. The van der Waals surface area contributed by atoms with Crippen LogP contribution in [-0.2, 0) is 4.79 Å². The van der Waals surface area contributed by atoms with E-state index in [0.29, 0.717) is 11.3 Å². The Kier molecular flexibility index (Phi) is 5.52. The average molecular weight is 278 g/mol. The van der Waals surface area contributed by atoms with Crippen molar-refractivity contribution in [1.82, 2.24) is 10.6 Å². The van der Waals surface area contributed by atoms with Crippen LogP contribution in [0.3, 0.4) is 0 Å². The molecule has 6 nitrogen and oxygen atoms in total. The van der Waals surface area contributed by atoms with Gasteiger partial charge >= 0.3 is 0 Å². The number of nitrogen functional groups attached to an aromatic ring is 1. The van der Waals surface area contributed by atoms with Crippen LogP contribution in [0.2, 0.25) is 0 Å². The number of anilines is 1. The molecule has 0 aliphatic rings. The third-order valence-electron chi connectivity index (χ3n) is 2.75. The van der Waals surface area contributed by atoms with Gasteiger partial charge in [-0.15, -0.1) is 0 Å². The Hall–Kier alpha value is -2.08. The Bertz CT molecular complexity index is 500. The SMILES string of the molecule is Cc1ccc(NN)c(C(=O)NC(C)C(=O)NC(C)C)c1. The van der Waals surface area contributed by atoms with Gasteiger partial charge in [0.05, 0.1) is 11.3 Å². The molecule has 2 amide bonds. The zero-order valence-corrected chi connectivity index (χ0v) is 12.3. The Morgan fingerprint density at radius 1 is 1.15 bits per heavy atom. The maximum Gasteiger partial charge on any atom is 0.254 e.